The Labute approximate surface area is 84.9 Å². The molecule has 2 rings (SSSR count). The highest BCUT2D eigenvalue weighted by molar-refractivity contribution is 5.13. The van der Waals surface area contributed by atoms with Crippen molar-refractivity contribution in [3.8, 4) is 0 Å². The van der Waals surface area contributed by atoms with Gasteiger partial charge in [0.2, 0.25) is 0 Å². The van der Waals surface area contributed by atoms with E-state index in [-0.39, 0.29) is 0 Å². The number of aromatic nitrogens is 1. The molecule has 0 amide bonds. The zero-order valence-electron chi connectivity index (χ0n) is 8.39. The maximum Gasteiger partial charge on any atom is 0.0505 e. The highest BCUT2D eigenvalue weighted by Crippen LogP contribution is 2.26. The number of hydrogen-bond acceptors (Lipinski definition) is 3. The molecule has 1 saturated heterocycles. The number of hydrazine groups is 1. The van der Waals surface area contributed by atoms with Crippen molar-refractivity contribution in [3.63, 3.8) is 0 Å². The Hall–Kier alpha value is -0.930. The van der Waals surface area contributed by atoms with E-state index in [1.807, 2.05) is 17.3 Å². The molecule has 3 nitrogen and oxygen atoms in total. The molecular formula is C11H17N3. The summed E-state index contributed by atoms with van der Waals surface area (Å²) < 4.78 is 0. The van der Waals surface area contributed by atoms with Gasteiger partial charge < -0.3 is 0 Å². The minimum Gasteiger partial charge on any atom is -0.268 e. The van der Waals surface area contributed by atoms with Crippen molar-refractivity contribution in [3.05, 3.63) is 30.1 Å². The number of pyridine rings is 1. The van der Waals surface area contributed by atoms with Gasteiger partial charge in [-0.2, -0.15) is 0 Å². The fourth-order valence-corrected chi connectivity index (χ4v) is 2.06. The molecule has 0 saturated carbocycles. The summed E-state index contributed by atoms with van der Waals surface area (Å²) in [4.78, 5) is 4.14. The second-order valence-corrected chi connectivity index (χ2v) is 3.89. The van der Waals surface area contributed by atoms with E-state index in [4.69, 9.17) is 5.84 Å². The van der Waals surface area contributed by atoms with Crippen molar-refractivity contribution in [2.24, 2.45) is 5.84 Å². The van der Waals surface area contributed by atoms with E-state index >= 15 is 0 Å². The Morgan fingerprint density at radius 1 is 1.36 bits per heavy atom. The van der Waals surface area contributed by atoms with E-state index in [0.717, 1.165) is 13.0 Å². The molecule has 0 radical (unpaired) electrons. The lowest BCUT2D eigenvalue weighted by Crippen LogP contribution is -2.34. The first kappa shape index (κ1) is 9.62. The van der Waals surface area contributed by atoms with E-state index in [1.165, 1.54) is 24.8 Å². The monoisotopic (exact) mass is 191 g/mol. The van der Waals surface area contributed by atoms with E-state index in [0.29, 0.717) is 6.04 Å². The summed E-state index contributed by atoms with van der Waals surface area (Å²) in [6.45, 7) is 1.000. The van der Waals surface area contributed by atoms with Crippen LogP contribution in [0.5, 0.6) is 0 Å². The predicted octanol–water partition coefficient (Wildman–Crippen LogP) is 1.87. The van der Waals surface area contributed by atoms with Crippen LogP contribution < -0.4 is 5.84 Å². The fraction of sp³-hybridized carbons (Fsp3) is 0.545. The van der Waals surface area contributed by atoms with Crippen molar-refractivity contribution >= 4 is 0 Å². The summed E-state index contributed by atoms with van der Waals surface area (Å²) in [5, 5.41) is 1.96. The number of nitrogens with two attached hydrogens (primary N) is 1. The summed E-state index contributed by atoms with van der Waals surface area (Å²) in [5.74, 6) is 6.02. The van der Waals surface area contributed by atoms with Crippen molar-refractivity contribution in [2.75, 3.05) is 6.54 Å². The molecule has 1 aliphatic heterocycles. The van der Waals surface area contributed by atoms with Crippen LogP contribution in [0.25, 0.3) is 0 Å². The summed E-state index contributed by atoms with van der Waals surface area (Å²) in [5.41, 5.74) is 1.25. The molecule has 1 aromatic heterocycles. The van der Waals surface area contributed by atoms with Gasteiger partial charge in [0.1, 0.15) is 0 Å². The minimum atomic E-state index is 0.367. The van der Waals surface area contributed by atoms with Gasteiger partial charge in [-0.05, 0) is 24.5 Å². The molecule has 0 unspecified atom stereocenters. The fourth-order valence-electron chi connectivity index (χ4n) is 2.06. The van der Waals surface area contributed by atoms with Gasteiger partial charge in [-0.1, -0.05) is 18.9 Å². The van der Waals surface area contributed by atoms with E-state index in [1.54, 1.807) is 6.20 Å². The lowest BCUT2D eigenvalue weighted by Gasteiger charge is -2.24. The third-order valence-electron chi connectivity index (χ3n) is 2.86. The zero-order chi connectivity index (χ0) is 9.80. The summed E-state index contributed by atoms with van der Waals surface area (Å²) in [7, 11) is 0. The topological polar surface area (TPSA) is 42.1 Å². The maximum absolute atomic E-state index is 6.02. The quantitative estimate of drug-likeness (QED) is 0.689. The summed E-state index contributed by atoms with van der Waals surface area (Å²) in [6.07, 6.45) is 8.67. The average Bonchev–Trinajstić information content (AvgIpc) is 2.44. The molecule has 0 aliphatic carbocycles. The lowest BCUT2D eigenvalue weighted by atomic mass is 10.0. The SMILES string of the molecule is NN1CCCCC[C@H]1c1cccnc1. The smallest absolute Gasteiger partial charge is 0.0505 e. The van der Waals surface area contributed by atoms with Crippen LogP contribution in [-0.2, 0) is 0 Å². The zero-order valence-corrected chi connectivity index (χ0v) is 8.39. The number of rotatable bonds is 1. The first-order valence-corrected chi connectivity index (χ1v) is 5.29. The van der Waals surface area contributed by atoms with Gasteiger partial charge in [0.25, 0.3) is 0 Å². The maximum atomic E-state index is 6.02. The third-order valence-corrected chi connectivity index (χ3v) is 2.86. The van der Waals surface area contributed by atoms with Gasteiger partial charge in [-0.15, -0.1) is 0 Å². The van der Waals surface area contributed by atoms with Crippen LogP contribution in [0.1, 0.15) is 37.3 Å². The molecule has 1 aromatic rings. The van der Waals surface area contributed by atoms with Gasteiger partial charge in [-0.3, -0.25) is 10.8 Å². The Balaban J connectivity index is 2.15. The largest absolute Gasteiger partial charge is 0.268 e. The van der Waals surface area contributed by atoms with Crippen molar-refractivity contribution < 1.29 is 0 Å². The Morgan fingerprint density at radius 2 is 2.29 bits per heavy atom. The van der Waals surface area contributed by atoms with E-state index < -0.39 is 0 Å². The molecule has 1 fully saturated rings. The number of hydrogen-bond donors (Lipinski definition) is 1. The molecule has 3 heteroatoms. The third kappa shape index (κ3) is 2.11. The first-order valence-electron chi connectivity index (χ1n) is 5.29. The lowest BCUT2D eigenvalue weighted by molar-refractivity contribution is 0.206. The van der Waals surface area contributed by atoms with Crippen molar-refractivity contribution in [1.82, 2.24) is 9.99 Å². The van der Waals surface area contributed by atoms with Crippen molar-refractivity contribution in [2.45, 2.75) is 31.7 Å². The predicted molar refractivity (Wildman–Crippen MR) is 56.3 cm³/mol. The molecular weight excluding hydrogens is 174 g/mol. The van der Waals surface area contributed by atoms with Crippen LogP contribution in [0.3, 0.4) is 0 Å². The van der Waals surface area contributed by atoms with Gasteiger partial charge in [0.15, 0.2) is 0 Å². The molecule has 2 heterocycles. The van der Waals surface area contributed by atoms with E-state index in [9.17, 15) is 0 Å². The highest BCUT2D eigenvalue weighted by Gasteiger charge is 2.19. The normalized spacial score (nSPS) is 24.5. The Bertz CT molecular complexity index is 273. The van der Waals surface area contributed by atoms with Gasteiger partial charge >= 0.3 is 0 Å². The molecule has 14 heavy (non-hydrogen) atoms. The molecule has 0 bridgehead atoms. The second-order valence-electron chi connectivity index (χ2n) is 3.89. The van der Waals surface area contributed by atoms with Crippen LogP contribution >= 0.6 is 0 Å². The minimum absolute atomic E-state index is 0.367. The van der Waals surface area contributed by atoms with Crippen LogP contribution in [0.2, 0.25) is 0 Å². The average molecular weight is 191 g/mol. The Kier molecular flexibility index (Phi) is 3.11. The van der Waals surface area contributed by atoms with Crippen LogP contribution in [0.15, 0.2) is 24.5 Å². The molecule has 0 aromatic carbocycles. The molecule has 0 spiro atoms. The molecule has 2 N–H and O–H groups in total. The Morgan fingerprint density at radius 3 is 3.07 bits per heavy atom. The standard InChI is InChI=1S/C11H17N3/c12-14-8-3-1-2-6-11(14)10-5-4-7-13-9-10/h4-5,7,9,11H,1-3,6,8,12H2/t11-/m0/s1. The molecule has 76 valence electrons. The highest BCUT2D eigenvalue weighted by atomic mass is 15.4. The van der Waals surface area contributed by atoms with Gasteiger partial charge in [-0.25, -0.2) is 5.01 Å². The van der Waals surface area contributed by atoms with Crippen LogP contribution in [-0.4, -0.2) is 16.5 Å². The van der Waals surface area contributed by atoms with E-state index in [2.05, 4.69) is 11.1 Å². The summed E-state index contributed by atoms with van der Waals surface area (Å²) >= 11 is 0. The molecule has 1 atom stereocenters. The van der Waals surface area contributed by atoms with Crippen LogP contribution in [0, 0.1) is 0 Å². The van der Waals surface area contributed by atoms with Gasteiger partial charge in [0, 0.05) is 18.9 Å². The molecule has 1 aliphatic rings. The number of nitrogens with zero attached hydrogens (tertiary/aromatic N) is 2. The second kappa shape index (κ2) is 4.53. The van der Waals surface area contributed by atoms with Crippen molar-refractivity contribution in [1.29, 1.82) is 0 Å². The first-order chi connectivity index (χ1) is 6.88. The van der Waals surface area contributed by atoms with Crippen LogP contribution in [0.4, 0.5) is 0 Å². The van der Waals surface area contributed by atoms with Gasteiger partial charge in [0.05, 0.1) is 6.04 Å². The summed E-state index contributed by atoms with van der Waals surface area (Å²) in [6, 6.07) is 4.46.